The Bertz CT molecular complexity index is 304. The van der Waals surface area contributed by atoms with Gasteiger partial charge in [0.05, 0.1) is 12.7 Å². The van der Waals surface area contributed by atoms with Crippen molar-refractivity contribution in [3.8, 4) is 0 Å². The van der Waals surface area contributed by atoms with E-state index >= 15 is 0 Å². The van der Waals surface area contributed by atoms with Crippen LogP contribution < -0.4 is 5.73 Å². The molecule has 2 nitrogen and oxygen atoms in total. The highest BCUT2D eigenvalue weighted by Gasteiger charge is 2.03. The zero-order valence-electron chi connectivity index (χ0n) is 7.97. The molecule has 2 N–H and O–H groups in total. The normalized spacial score (nSPS) is 12.9. The average molecular weight is 234 g/mol. The van der Waals surface area contributed by atoms with Crippen LogP contribution >= 0.6 is 23.2 Å². The maximum atomic E-state index is 5.96. The van der Waals surface area contributed by atoms with Gasteiger partial charge >= 0.3 is 0 Å². The van der Waals surface area contributed by atoms with Crippen LogP contribution in [0, 0.1) is 0 Å². The number of rotatable bonds is 4. The Labute approximate surface area is 94.0 Å². The monoisotopic (exact) mass is 233 g/mol. The van der Waals surface area contributed by atoms with Crippen LogP contribution in [-0.2, 0) is 11.3 Å². The lowest BCUT2D eigenvalue weighted by molar-refractivity contribution is 0.0590. The van der Waals surface area contributed by atoms with Crippen LogP contribution in [0.3, 0.4) is 0 Å². The van der Waals surface area contributed by atoms with Gasteiger partial charge in [0.2, 0.25) is 0 Å². The molecule has 1 atom stereocenters. The Morgan fingerprint density at radius 3 is 2.71 bits per heavy atom. The van der Waals surface area contributed by atoms with Gasteiger partial charge in [-0.15, -0.1) is 0 Å². The van der Waals surface area contributed by atoms with E-state index in [2.05, 4.69) is 0 Å². The van der Waals surface area contributed by atoms with Crippen molar-refractivity contribution >= 4 is 23.2 Å². The van der Waals surface area contributed by atoms with Crippen molar-refractivity contribution in [2.24, 2.45) is 5.73 Å². The van der Waals surface area contributed by atoms with Crippen molar-refractivity contribution in [1.29, 1.82) is 0 Å². The van der Waals surface area contributed by atoms with Crippen molar-refractivity contribution in [3.63, 3.8) is 0 Å². The first-order valence-corrected chi connectivity index (χ1v) is 5.14. The van der Waals surface area contributed by atoms with Crippen LogP contribution in [0.1, 0.15) is 12.5 Å². The van der Waals surface area contributed by atoms with E-state index in [1.54, 1.807) is 12.1 Å². The molecule has 0 fully saturated rings. The molecule has 0 radical (unpaired) electrons. The number of benzene rings is 1. The Morgan fingerprint density at radius 1 is 1.43 bits per heavy atom. The van der Waals surface area contributed by atoms with Gasteiger partial charge in [0.25, 0.3) is 0 Å². The molecule has 78 valence electrons. The molecule has 1 unspecified atom stereocenters. The fourth-order valence-electron chi connectivity index (χ4n) is 0.939. The first-order chi connectivity index (χ1) is 6.63. The van der Waals surface area contributed by atoms with E-state index in [1.165, 1.54) is 0 Å². The van der Waals surface area contributed by atoms with Crippen molar-refractivity contribution in [2.75, 3.05) is 6.54 Å². The number of nitrogens with two attached hydrogens (primary N) is 1. The molecule has 1 aromatic carbocycles. The fraction of sp³-hybridized carbons (Fsp3) is 0.400. The molecule has 14 heavy (non-hydrogen) atoms. The van der Waals surface area contributed by atoms with Crippen LogP contribution in [0.2, 0.25) is 10.0 Å². The molecule has 0 bridgehead atoms. The van der Waals surface area contributed by atoms with Gasteiger partial charge < -0.3 is 10.5 Å². The Balaban J connectivity index is 2.59. The van der Waals surface area contributed by atoms with E-state index < -0.39 is 0 Å². The maximum Gasteiger partial charge on any atom is 0.0735 e. The van der Waals surface area contributed by atoms with Crippen LogP contribution in [0.4, 0.5) is 0 Å². The lowest BCUT2D eigenvalue weighted by atomic mass is 10.2. The Kier molecular flexibility index (Phi) is 4.69. The minimum absolute atomic E-state index is 0.0433. The maximum absolute atomic E-state index is 5.96. The molecule has 0 aliphatic rings. The summed E-state index contributed by atoms with van der Waals surface area (Å²) in [6, 6.07) is 5.35. The summed E-state index contributed by atoms with van der Waals surface area (Å²) in [6.45, 7) is 2.89. The van der Waals surface area contributed by atoms with Gasteiger partial charge in [0.15, 0.2) is 0 Å². The number of hydrogen-bond acceptors (Lipinski definition) is 2. The fourth-order valence-corrected chi connectivity index (χ4v) is 1.40. The Hall–Kier alpha value is -0.280. The molecule has 1 aromatic rings. The second-order valence-electron chi connectivity index (χ2n) is 3.09. The quantitative estimate of drug-likeness (QED) is 0.869. The highest BCUT2D eigenvalue weighted by molar-refractivity contribution is 6.35. The molecule has 0 amide bonds. The third kappa shape index (κ3) is 3.46. The first kappa shape index (κ1) is 11.8. The van der Waals surface area contributed by atoms with Gasteiger partial charge in [0.1, 0.15) is 0 Å². The van der Waals surface area contributed by atoms with E-state index in [0.29, 0.717) is 23.2 Å². The summed E-state index contributed by atoms with van der Waals surface area (Å²) >= 11 is 11.7. The van der Waals surface area contributed by atoms with Gasteiger partial charge in [-0.2, -0.15) is 0 Å². The van der Waals surface area contributed by atoms with Gasteiger partial charge in [0, 0.05) is 16.6 Å². The minimum Gasteiger partial charge on any atom is -0.372 e. The molecule has 0 heterocycles. The van der Waals surface area contributed by atoms with E-state index in [4.69, 9.17) is 33.7 Å². The van der Waals surface area contributed by atoms with Gasteiger partial charge in [-0.25, -0.2) is 0 Å². The van der Waals surface area contributed by atoms with Crippen molar-refractivity contribution in [1.82, 2.24) is 0 Å². The number of halogens is 2. The van der Waals surface area contributed by atoms with Crippen LogP contribution in [0.5, 0.6) is 0 Å². The molecule has 0 aromatic heterocycles. The van der Waals surface area contributed by atoms with E-state index in [-0.39, 0.29) is 6.10 Å². The van der Waals surface area contributed by atoms with Gasteiger partial charge in [-0.3, -0.25) is 0 Å². The summed E-state index contributed by atoms with van der Waals surface area (Å²) in [4.78, 5) is 0. The van der Waals surface area contributed by atoms with Crippen LogP contribution in [-0.4, -0.2) is 12.6 Å². The average Bonchev–Trinajstić information content (AvgIpc) is 2.16. The third-order valence-corrected chi connectivity index (χ3v) is 2.46. The number of ether oxygens (including phenoxy) is 1. The molecule has 0 saturated carbocycles. The van der Waals surface area contributed by atoms with Crippen molar-refractivity contribution in [3.05, 3.63) is 33.8 Å². The third-order valence-electron chi connectivity index (χ3n) is 1.87. The lowest BCUT2D eigenvalue weighted by Crippen LogP contribution is -2.19. The van der Waals surface area contributed by atoms with Crippen LogP contribution in [0.15, 0.2) is 18.2 Å². The highest BCUT2D eigenvalue weighted by atomic mass is 35.5. The summed E-state index contributed by atoms with van der Waals surface area (Å²) in [6.07, 6.45) is 0.0433. The molecule has 0 aliphatic heterocycles. The summed E-state index contributed by atoms with van der Waals surface area (Å²) < 4.78 is 5.45. The largest absolute Gasteiger partial charge is 0.372 e. The number of hydrogen-bond donors (Lipinski definition) is 1. The molecule has 0 saturated heterocycles. The summed E-state index contributed by atoms with van der Waals surface area (Å²) in [5, 5.41) is 1.26. The first-order valence-electron chi connectivity index (χ1n) is 4.39. The summed E-state index contributed by atoms with van der Waals surface area (Å²) in [5.41, 5.74) is 6.35. The predicted molar refractivity (Wildman–Crippen MR) is 59.8 cm³/mol. The SMILES string of the molecule is CC(CN)OCc1ccc(Cl)cc1Cl. The minimum atomic E-state index is 0.0433. The van der Waals surface area contributed by atoms with E-state index in [9.17, 15) is 0 Å². The molecular formula is C10H13Cl2NO. The Morgan fingerprint density at radius 2 is 2.14 bits per heavy atom. The summed E-state index contributed by atoms with van der Waals surface area (Å²) in [5.74, 6) is 0. The molecular weight excluding hydrogens is 221 g/mol. The van der Waals surface area contributed by atoms with Crippen LogP contribution in [0.25, 0.3) is 0 Å². The van der Waals surface area contributed by atoms with Crippen molar-refractivity contribution < 1.29 is 4.74 Å². The lowest BCUT2D eigenvalue weighted by Gasteiger charge is -2.11. The van der Waals surface area contributed by atoms with E-state index in [1.807, 2.05) is 13.0 Å². The van der Waals surface area contributed by atoms with E-state index in [0.717, 1.165) is 5.56 Å². The summed E-state index contributed by atoms with van der Waals surface area (Å²) in [7, 11) is 0. The predicted octanol–water partition coefficient (Wildman–Crippen LogP) is 2.86. The van der Waals surface area contributed by atoms with Gasteiger partial charge in [-0.1, -0.05) is 29.3 Å². The second kappa shape index (κ2) is 5.56. The zero-order chi connectivity index (χ0) is 10.6. The highest BCUT2D eigenvalue weighted by Crippen LogP contribution is 2.21. The molecule has 0 spiro atoms. The second-order valence-corrected chi connectivity index (χ2v) is 3.94. The van der Waals surface area contributed by atoms with Crippen molar-refractivity contribution in [2.45, 2.75) is 19.6 Å². The topological polar surface area (TPSA) is 35.2 Å². The smallest absolute Gasteiger partial charge is 0.0735 e. The zero-order valence-corrected chi connectivity index (χ0v) is 9.48. The van der Waals surface area contributed by atoms with Gasteiger partial charge in [-0.05, 0) is 24.6 Å². The molecule has 4 heteroatoms. The molecule has 0 aliphatic carbocycles. The molecule has 1 rings (SSSR count). The standard InChI is InChI=1S/C10H13Cl2NO/c1-7(5-13)14-6-8-2-3-9(11)4-10(8)12/h2-4,7H,5-6,13H2,1H3.